The number of hydrogen-bond donors (Lipinski definition) is 19. The zero-order valence-corrected chi connectivity index (χ0v) is 56.6. The molecule has 10 amide bonds. The highest BCUT2D eigenvalue weighted by Crippen LogP contribution is 2.23. The summed E-state index contributed by atoms with van der Waals surface area (Å²) in [5, 5.41) is 43.0. The largest absolute Gasteiger partial charge is 0.508 e. The van der Waals surface area contributed by atoms with Crippen molar-refractivity contribution in [3.05, 3.63) is 132 Å². The molecule has 6 aromatic rings. The smallest absolute Gasteiger partial charge is 0.243 e. The number of aromatic amines is 2. The summed E-state index contributed by atoms with van der Waals surface area (Å²) in [5.74, 6) is -9.86. The van der Waals surface area contributed by atoms with Crippen LogP contribution in [0.5, 0.6) is 11.5 Å². The third kappa shape index (κ3) is 24.4. The Bertz CT molecular complexity index is 3850. The van der Waals surface area contributed by atoms with Crippen LogP contribution < -0.4 is 82.7 Å². The number of para-hydroxylation sites is 2. The van der Waals surface area contributed by atoms with Crippen molar-refractivity contribution < 1.29 is 58.2 Å². The number of amides is 10. The highest BCUT2D eigenvalue weighted by atomic mass is 16.3. The van der Waals surface area contributed by atoms with E-state index in [1.165, 1.54) is 36.4 Å². The van der Waals surface area contributed by atoms with E-state index in [-0.39, 0.29) is 100 Å². The molecule has 0 aliphatic carbocycles. The van der Waals surface area contributed by atoms with Crippen molar-refractivity contribution in [2.24, 2.45) is 62.0 Å². The topological polar surface area (TPSA) is 546 Å². The maximum absolute atomic E-state index is 15.2. The van der Waals surface area contributed by atoms with Crippen molar-refractivity contribution in [2.75, 3.05) is 13.1 Å². The number of aromatic nitrogens is 2. The highest BCUT2D eigenvalue weighted by molar-refractivity contribution is 5.99. The molecule has 26 N–H and O–H groups in total. The summed E-state index contributed by atoms with van der Waals surface area (Å²) in [6.45, 7) is 7.14. The van der Waals surface area contributed by atoms with E-state index >= 15 is 9.59 Å². The van der Waals surface area contributed by atoms with Gasteiger partial charge in [-0.15, -0.1) is 0 Å². The van der Waals surface area contributed by atoms with Gasteiger partial charge in [-0.3, -0.25) is 57.9 Å². The van der Waals surface area contributed by atoms with Gasteiger partial charge >= 0.3 is 0 Å². The lowest BCUT2D eigenvalue weighted by atomic mass is 9.95. The van der Waals surface area contributed by atoms with Gasteiger partial charge in [0, 0.05) is 73.0 Å². The van der Waals surface area contributed by atoms with Gasteiger partial charge in [0.1, 0.15) is 59.8 Å². The van der Waals surface area contributed by atoms with Gasteiger partial charge in [-0.05, 0) is 115 Å². The second kappa shape index (κ2) is 38.1. The standard InChI is InChI=1S/C69H95N19O12/c1-5-38(4)58(88-66(99)54(30-37(2)3)86-65(98)55(33-41-35-79-48-14-8-6-12-45(41)48)85-60(93)47(70)31-39-18-22-43(89)23-19-39)67(100)87-56(34-42-36-80-49-15-9-7-13-46(42)49)64(97)82-50(16-10-28-77-68(73)74)61(94)83-52(26-27-57(71)91)63(96)81-51(17-11-29-78-69(75)76)62(95)84-53(59(72)92)32-40-20-24-44(90)25-21-40/h6-9,12-15,18-25,35-38,47,50-56,58,79-80,89-90H,5,10-11,16-17,26-34,70H2,1-4H3,(H2,71,91)(H2,72,92)(H,81,96)(H,82,97)(H,83,94)(H,84,95)(H,85,93)(H,86,98)(H,87,100)(H,88,99)(H4,73,74,77)(H4,75,76,78)/t38-,47-,50-,51-,52-,53-,54-,55+,56+,58-/m0/s1. The van der Waals surface area contributed by atoms with Gasteiger partial charge in [-0.1, -0.05) is 94.8 Å². The van der Waals surface area contributed by atoms with Gasteiger partial charge in [0.15, 0.2) is 11.9 Å². The normalized spacial score (nSPS) is 14.2. The Hall–Kier alpha value is -11.2. The number of nitrogens with one attached hydrogen (secondary N) is 10. The van der Waals surface area contributed by atoms with Crippen LogP contribution in [0.2, 0.25) is 0 Å². The average Bonchev–Trinajstić information content (AvgIpc) is 1.61. The van der Waals surface area contributed by atoms with Crippen LogP contribution in [0.3, 0.4) is 0 Å². The fourth-order valence-corrected chi connectivity index (χ4v) is 11.2. The molecule has 31 heteroatoms. The lowest BCUT2D eigenvalue weighted by Crippen LogP contribution is -2.61. The molecule has 0 spiro atoms. The molecule has 100 heavy (non-hydrogen) atoms. The summed E-state index contributed by atoms with van der Waals surface area (Å²) in [4.78, 5) is 157. The quantitative estimate of drug-likeness (QED) is 0.0131. The first-order valence-electron chi connectivity index (χ1n) is 33.1. The van der Waals surface area contributed by atoms with Crippen molar-refractivity contribution in [3.8, 4) is 11.5 Å². The van der Waals surface area contributed by atoms with E-state index in [1.54, 1.807) is 62.6 Å². The van der Waals surface area contributed by atoms with E-state index < -0.39 is 132 Å². The minimum absolute atomic E-state index is 0.00518. The van der Waals surface area contributed by atoms with Crippen LogP contribution >= 0.6 is 0 Å². The summed E-state index contributed by atoms with van der Waals surface area (Å²) in [6.07, 6.45) is 2.47. The Morgan fingerprint density at radius 1 is 0.450 bits per heavy atom. The van der Waals surface area contributed by atoms with Gasteiger partial charge in [-0.25, -0.2) is 0 Å². The molecule has 0 unspecified atom stereocenters. The number of primary amides is 2. The van der Waals surface area contributed by atoms with Gasteiger partial charge in [0.05, 0.1) is 6.04 Å². The number of carbonyl (C=O) groups excluding carboxylic acids is 10. The summed E-state index contributed by atoms with van der Waals surface area (Å²) in [6, 6.07) is 14.1. The van der Waals surface area contributed by atoms with Crippen molar-refractivity contribution in [3.63, 3.8) is 0 Å². The van der Waals surface area contributed by atoms with Gasteiger partial charge < -0.3 is 103 Å². The molecule has 31 nitrogen and oxygen atoms in total. The summed E-state index contributed by atoms with van der Waals surface area (Å²) >= 11 is 0. The molecular formula is C69H95N19O12. The van der Waals surface area contributed by atoms with E-state index in [4.69, 9.17) is 40.1 Å². The predicted molar refractivity (Wildman–Crippen MR) is 377 cm³/mol. The van der Waals surface area contributed by atoms with E-state index in [2.05, 4.69) is 62.5 Å². The number of hydrogen-bond acceptors (Lipinski definition) is 15. The Morgan fingerprint density at radius 3 is 1.27 bits per heavy atom. The Kier molecular flexibility index (Phi) is 29.6. The minimum atomic E-state index is -1.62. The minimum Gasteiger partial charge on any atom is -0.508 e. The van der Waals surface area contributed by atoms with Crippen LogP contribution in [0.25, 0.3) is 21.8 Å². The number of H-pyrrole nitrogens is 2. The lowest BCUT2D eigenvalue weighted by Gasteiger charge is -2.30. The van der Waals surface area contributed by atoms with Crippen LogP contribution in [0.1, 0.15) is 101 Å². The number of nitrogens with two attached hydrogens (primary N) is 7. The van der Waals surface area contributed by atoms with Crippen molar-refractivity contribution in [2.45, 2.75) is 159 Å². The third-order valence-electron chi connectivity index (χ3n) is 16.8. The number of phenolic OH excluding ortho intramolecular Hbond substituents is 2. The molecule has 2 aromatic heterocycles. The van der Waals surface area contributed by atoms with E-state index in [1.807, 2.05) is 38.1 Å². The molecule has 0 aliphatic heterocycles. The molecule has 0 radical (unpaired) electrons. The molecule has 0 saturated carbocycles. The molecular weight excluding hydrogens is 1290 g/mol. The molecule has 538 valence electrons. The second-order valence-electron chi connectivity index (χ2n) is 25.2. The van der Waals surface area contributed by atoms with E-state index in [0.717, 1.165) is 10.9 Å². The van der Waals surface area contributed by atoms with E-state index in [9.17, 15) is 48.6 Å². The van der Waals surface area contributed by atoms with Crippen molar-refractivity contribution in [1.82, 2.24) is 52.5 Å². The lowest BCUT2D eigenvalue weighted by molar-refractivity contribution is -0.136. The van der Waals surface area contributed by atoms with E-state index in [0.29, 0.717) is 39.6 Å². The fraction of sp³-hybridized carbons (Fsp3) is 0.420. The van der Waals surface area contributed by atoms with Gasteiger partial charge in [-0.2, -0.15) is 0 Å². The Balaban J connectivity index is 1.28. The first-order valence-corrected chi connectivity index (χ1v) is 33.1. The Morgan fingerprint density at radius 2 is 0.840 bits per heavy atom. The number of carbonyl (C=O) groups is 10. The molecule has 10 atom stereocenters. The number of aliphatic imine (C=N–C) groups is 2. The maximum Gasteiger partial charge on any atom is 0.243 e. The zero-order valence-electron chi connectivity index (χ0n) is 56.6. The number of fused-ring (bicyclic) bond motifs is 2. The zero-order chi connectivity index (χ0) is 73.2. The predicted octanol–water partition coefficient (Wildman–Crippen LogP) is -0.513. The van der Waals surface area contributed by atoms with Crippen LogP contribution in [0.15, 0.2) is 119 Å². The molecule has 0 aliphatic rings. The second-order valence-corrected chi connectivity index (χ2v) is 25.2. The molecule has 2 heterocycles. The molecule has 6 rings (SSSR count). The number of benzene rings is 4. The monoisotopic (exact) mass is 1380 g/mol. The van der Waals surface area contributed by atoms with Gasteiger partial charge in [0.2, 0.25) is 59.1 Å². The number of rotatable bonds is 40. The van der Waals surface area contributed by atoms with Crippen LogP contribution in [0.4, 0.5) is 0 Å². The molecule has 4 aromatic carbocycles. The molecule has 0 fully saturated rings. The molecule has 0 saturated heterocycles. The first kappa shape index (κ1) is 77.8. The number of guanidine groups is 2. The average molecular weight is 1380 g/mol. The maximum atomic E-state index is 15.2. The number of phenols is 2. The third-order valence-corrected chi connectivity index (χ3v) is 16.8. The SMILES string of the molecule is CC[C@H](C)[C@H](NC(=O)[C@H](CC(C)C)NC(=O)[C@@H](Cc1c[nH]c2ccccc12)NC(=O)[C@@H](N)Cc1ccc(O)cc1)C(=O)N[C@H](Cc1c[nH]c2ccccc12)C(=O)N[C@@H](CCCN=C(N)N)C(=O)N[C@@H](CCC(N)=O)C(=O)N[C@@H](CCCN=C(N)N)C(=O)N[C@@H](Cc1ccc(O)cc1)C(N)=O. The van der Waals surface area contributed by atoms with Crippen LogP contribution in [-0.4, -0.2) is 159 Å². The van der Waals surface area contributed by atoms with Crippen molar-refractivity contribution >= 4 is 92.8 Å². The fourth-order valence-electron chi connectivity index (χ4n) is 11.2. The van der Waals surface area contributed by atoms with Crippen molar-refractivity contribution in [1.29, 1.82) is 0 Å². The highest BCUT2D eigenvalue weighted by Gasteiger charge is 2.37. The summed E-state index contributed by atoms with van der Waals surface area (Å²) in [5.41, 5.74) is 43.9. The van der Waals surface area contributed by atoms with Crippen LogP contribution in [-0.2, 0) is 73.6 Å². The van der Waals surface area contributed by atoms with Gasteiger partial charge in [0.25, 0.3) is 0 Å². The number of aromatic hydroxyl groups is 2. The first-order chi connectivity index (χ1) is 47.6. The summed E-state index contributed by atoms with van der Waals surface area (Å²) in [7, 11) is 0. The Labute approximate surface area is 578 Å². The van der Waals surface area contributed by atoms with Crippen LogP contribution in [0, 0.1) is 11.8 Å². The number of nitrogens with zero attached hydrogens (tertiary/aromatic N) is 2. The summed E-state index contributed by atoms with van der Waals surface area (Å²) < 4.78 is 0. The molecule has 0 bridgehead atoms.